The average molecular weight is 299 g/mol. The van der Waals surface area contributed by atoms with Crippen LogP contribution in [0.5, 0.6) is 0 Å². The molecule has 20 heavy (non-hydrogen) atoms. The Labute approximate surface area is 113 Å². The van der Waals surface area contributed by atoms with E-state index in [2.05, 4.69) is 10.5 Å². The van der Waals surface area contributed by atoms with E-state index in [0.717, 1.165) is 18.2 Å². The molecule has 2 aromatic rings. The fraction of sp³-hybridized carbons (Fsp3) is 0.0909. The average Bonchev–Trinajstić information content (AvgIpc) is 2.74. The summed E-state index contributed by atoms with van der Waals surface area (Å²) in [4.78, 5) is 11.3. The van der Waals surface area contributed by atoms with E-state index < -0.39 is 26.6 Å². The standard InChI is InChI=1S/C11H10FN3O4S/c1-6-2-10(15-19-6)11(16)14-8-3-7(12)4-9(5-8)20(13,17)18/h2-5H,1H3,(H,14,16)(H2,13,17,18). The number of benzene rings is 1. The quantitative estimate of drug-likeness (QED) is 0.878. The monoisotopic (exact) mass is 299 g/mol. The highest BCUT2D eigenvalue weighted by molar-refractivity contribution is 7.89. The molecule has 3 N–H and O–H groups in total. The minimum absolute atomic E-state index is 0.0103. The van der Waals surface area contributed by atoms with Gasteiger partial charge in [-0.2, -0.15) is 0 Å². The van der Waals surface area contributed by atoms with Crippen LogP contribution in [0, 0.1) is 12.7 Å². The smallest absolute Gasteiger partial charge is 0.277 e. The molecule has 0 bridgehead atoms. The Hall–Kier alpha value is -2.26. The van der Waals surface area contributed by atoms with E-state index in [1.807, 2.05) is 0 Å². The maximum absolute atomic E-state index is 13.3. The molecule has 0 atom stereocenters. The van der Waals surface area contributed by atoms with Gasteiger partial charge in [0, 0.05) is 11.8 Å². The maximum Gasteiger partial charge on any atom is 0.277 e. The van der Waals surface area contributed by atoms with E-state index in [-0.39, 0.29) is 11.4 Å². The summed E-state index contributed by atoms with van der Waals surface area (Å²) in [5.41, 5.74) is -0.0661. The van der Waals surface area contributed by atoms with E-state index in [9.17, 15) is 17.6 Å². The number of nitrogens with one attached hydrogen (secondary N) is 1. The molecule has 7 nitrogen and oxygen atoms in total. The van der Waals surface area contributed by atoms with Crippen LogP contribution in [0.25, 0.3) is 0 Å². The highest BCUT2D eigenvalue weighted by Gasteiger charge is 2.15. The third-order valence-electron chi connectivity index (χ3n) is 2.32. The molecule has 1 aromatic carbocycles. The van der Waals surface area contributed by atoms with Crippen molar-refractivity contribution < 1.29 is 22.1 Å². The molecule has 106 valence electrons. The van der Waals surface area contributed by atoms with Gasteiger partial charge >= 0.3 is 0 Å². The lowest BCUT2D eigenvalue weighted by atomic mass is 10.3. The van der Waals surface area contributed by atoms with E-state index >= 15 is 0 Å². The zero-order valence-corrected chi connectivity index (χ0v) is 11.1. The first-order valence-electron chi connectivity index (χ1n) is 5.34. The minimum Gasteiger partial charge on any atom is -0.361 e. The summed E-state index contributed by atoms with van der Waals surface area (Å²) in [6.07, 6.45) is 0. The van der Waals surface area contributed by atoms with Gasteiger partial charge < -0.3 is 9.84 Å². The molecule has 2 rings (SSSR count). The van der Waals surface area contributed by atoms with E-state index in [4.69, 9.17) is 9.66 Å². The molecule has 1 aromatic heterocycles. The Morgan fingerprint density at radius 2 is 2.05 bits per heavy atom. The highest BCUT2D eigenvalue weighted by atomic mass is 32.2. The number of hydrogen-bond acceptors (Lipinski definition) is 5. The van der Waals surface area contributed by atoms with Gasteiger partial charge in [-0.15, -0.1) is 0 Å². The number of primary sulfonamides is 1. The lowest BCUT2D eigenvalue weighted by molar-refractivity contribution is 0.101. The zero-order chi connectivity index (χ0) is 14.9. The van der Waals surface area contributed by atoms with Crippen LogP contribution in [0.2, 0.25) is 0 Å². The van der Waals surface area contributed by atoms with Gasteiger partial charge in [-0.25, -0.2) is 17.9 Å². The van der Waals surface area contributed by atoms with Gasteiger partial charge in [0.15, 0.2) is 5.69 Å². The fourth-order valence-electron chi connectivity index (χ4n) is 1.47. The number of carbonyl (C=O) groups is 1. The molecule has 9 heteroatoms. The van der Waals surface area contributed by atoms with Crippen molar-refractivity contribution in [2.75, 3.05) is 5.32 Å². The first-order valence-corrected chi connectivity index (χ1v) is 6.88. The Balaban J connectivity index is 2.30. The molecule has 0 saturated carbocycles. The maximum atomic E-state index is 13.3. The van der Waals surface area contributed by atoms with Crippen molar-refractivity contribution in [1.29, 1.82) is 0 Å². The molecule has 1 amide bonds. The second-order valence-electron chi connectivity index (χ2n) is 4.00. The van der Waals surface area contributed by atoms with Crippen molar-refractivity contribution in [1.82, 2.24) is 5.16 Å². The molecule has 0 aliphatic heterocycles. The Morgan fingerprint density at radius 1 is 1.35 bits per heavy atom. The predicted octanol–water partition coefficient (Wildman–Crippen LogP) is 1.02. The van der Waals surface area contributed by atoms with Crippen LogP contribution in [-0.2, 0) is 10.0 Å². The summed E-state index contributed by atoms with van der Waals surface area (Å²) in [6, 6.07) is 4.14. The van der Waals surface area contributed by atoms with Gasteiger partial charge in [0.2, 0.25) is 10.0 Å². The van der Waals surface area contributed by atoms with Gasteiger partial charge in [-0.3, -0.25) is 4.79 Å². The molecule has 1 heterocycles. The number of sulfonamides is 1. The summed E-state index contributed by atoms with van der Waals surface area (Å²) < 4.78 is 40.4. The van der Waals surface area contributed by atoms with Gasteiger partial charge in [0.1, 0.15) is 11.6 Å². The zero-order valence-electron chi connectivity index (χ0n) is 10.3. The lowest BCUT2D eigenvalue weighted by Crippen LogP contribution is -2.15. The second kappa shape index (κ2) is 5.02. The Morgan fingerprint density at radius 3 is 2.60 bits per heavy atom. The molecule has 0 aliphatic rings. The van der Waals surface area contributed by atoms with Crippen LogP contribution in [0.3, 0.4) is 0 Å². The van der Waals surface area contributed by atoms with Crippen LogP contribution in [0.4, 0.5) is 10.1 Å². The summed E-state index contributed by atoms with van der Waals surface area (Å²) in [6.45, 7) is 1.60. The largest absolute Gasteiger partial charge is 0.361 e. The van der Waals surface area contributed by atoms with Gasteiger partial charge in [0.05, 0.1) is 4.90 Å². The molecule has 0 radical (unpaired) electrons. The van der Waals surface area contributed by atoms with Crippen molar-refractivity contribution in [3.63, 3.8) is 0 Å². The number of carbonyl (C=O) groups excluding carboxylic acids is 1. The van der Waals surface area contributed by atoms with Crippen LogP contribution < -0.4 is 10.5 Å². The van der Waals surface area contributed by atoms with Crippen molar-refractivity contribution in [2.24, 2.45) is 5.14 Å². The summed E-state index contributed by atoms with van der Waals surface area (Å²) in [5, 5.41) is 10.7. The molecule has 0 spiro atoms. The lowest BCUT2D eigenvalue weighted by Gasteiger charge is -2.05. The first kappa shape index (κ1) is 14.2. The van der Waals surface area contributed by atoms with Crippen LogP contribution >= 0.6 is 0 Å². The van der Waals surface area contributed by atoms with E-state index in [0.29, 0.717) is 5.76 Å². The van der Waals surface area contributed by atoms with Gasteiger partial charge in [0.25, 0.3) is 5.91 Å². The van der Waals surface area contributed by atoms with E-state index in [1.165, 1.54) is 6.07 Å². The van der Waals surface area contributed by atoms with Crippen molar-refractivity contribution in [3.8, 4) is 0 Å². The minimum atomic E-state index is -4.07. The SMILES string of the molecule is Cc1cc(C(=O)Nc2cc(F)cc(S(N)(=O)=O)c2)no1. The molecule has 0 fully saturated rings. The second-order valence-corrected chi connectivity index (χ2v) is 5.56. The van der Waals surface area contributed by atoms with Crippen LogP contribution in [-0.4, -0.2) is 19.5 Å². The fourth-order valence-corrected chi connectivity index (χ4v) is 2.04. The first-order chi connectivity index (χ1) is 9.25. The molecule has 0 aliphatic carbocycles. The number of hydrogen-bond donors (Lipinski definition) is 2. The summed E-state index contributed by atoms with van der Waals surface area (Å²) in [7, 11) is -4.07. The number of halogens is 1. The van der Waals surface area contributed by atoms with E-state index in [1.54, 1.807) is 6.92 Å². The van der Waals surface area contributed by atoms with Crippen molar-refractivity contribution in [2.45, 2.75) is 11.8 Å². The van der Waals surface area contributed by atoms with Crippen molar-refractivity contribution >= 4 is 21.6 Å². The Kier molecular flexibility index (Phi) is 3.55. The van der Waals surface area contributed by atoms with Gasteiger partial charge in [-0.05, 0) is 25.1 Å². The van der Waals surface area contributed by atoms with Crippen LogP contribution in [0.15, 0.2) is 33.7 Å². The third-order valence-corrected chi connectivity index (χ3v) is 3.21. The normalized spacial score (nSPS) is 11.3. The number of anilines is 1. The third kappa shape index (κ3) is 3.19. The predicted molar refractivity (Wildman–Crippen MR) is 67.0 cm³/mol. The summed E-state index contributed by atoms with van der Waals surface area (Å²) in [5.74, 6) is -1.07. The number of rotatable bonds is 3. The van der Waals surface area contributed by atoms with Crippen LogP contribution in [0.1, 0.15) is 16.2 Å². The number of amides is 1. The number of nitrogens with two attached hydrogens (primary N) is 1. The molecular formula is C11H10FN3O4S. The number of aryl methyl sites for hydroxylation is 1. The topological polar surface area (TPSA) is 115 Å². The summed E-state index contributed by atoms with van der Waals surface area (Å²) >= 11 is 0. The van der Waals surface area contributed by atoms with Crippen molar-refractivity contribution in [3.05, 3.63) is 41.5 Å². The molecule has 0 unspecified atom stereocenters. The number of nitrogens with zero attached hydrogens (tertiary/aromatic N) is 1. The number of aromatic nitrogens is 1. The van der Waals surface area contributed by atoms with Gasteiger partial charge in [-0.1, -0.05) is 5.16 Å². The highest BCUT2D eigenvalue weighted by Crippen LogP contribution is 2.18. The molecule has 0 saturated heterocycles. The molecular weight excluding hydrogens is 289 g/mol. The Bertz CT molecular complexity index is 770.